The normalized spacial score (nSPS) is 16.6. The van der Waals surface area contributed by atoms with Crippen molar-refractivity contribution < 1.29 is 13.2 Å². The fourth-order valence-electron chi connectivity index (χ4n) is 2.78. The summed E-state index contributed by atoms with van der Waals surface area (Å²) in [5.41, 5.74) is -0.0474. The molecule has 0 radical (unpaired) electrons. The molecule has 1 amide bonds. The van der Waals surface area contributed by atoms with Crippen molar-refractivity contribution in [1.29, 1.82) is 0 Å². The van der Waals surface area contributed by atoms with Gasteiger partial charge in [-0.05, 0) is 12.5 Å². The number of H-pyrrole nitrogens is 1. The Balaban J connectivity index is 1.74. The van der Waals surface area contributed by atoms with Crippen molar-refractivity contribution >= 4 is 15.9 Å². The highest BCUT2D eigenvalue weighted by atomic mass is 32.2. The molecule has 10 heteroatoms. The lowest BCUT2D eigenvalue weighted by molar-refractivity contribution is 0.0764. The Kier molecular flexibility index (Phi) is 4.73. The number of hydrogen-bond acceptors (Lipinski definition) is 5. The van der Waals surface area contributed by atoms with E-state index in [2.05, 4.69) is 10.1 Å². The highest BCUT2D eigenvalue weighted by molar-refractivity contribution is 7.89. The molecule has 3 heterocycles. The summed E-state index contributed by atoms with van der Waals surface area (Å²) in [5, 5.41) is 3.91. The van der Waals surface area contributed by atoms with Crippen LogP contribution in [0.2, 0.25) is 0 Å². The molecule has 1 fully saturated rings. The number of aromatic nitrogens is 3. The Morgan fingerprint density at radius 1 is 1.24 bits per heavy atom. The first kappa shape index (κ1) is 17.4. The highest BCUT2D eigenvalue weighted by Crippen LogP contribution is 2.17. The van der Waals surface area contributed by atoms with Crippen LogP contribution in [-0.2, 0) is 17.1 Å². The van der Waals surface area contributed by atoms with Crippen LogP contribution in [0.1, 0.15) is 16.8 Å². The Labute approximate surface area is 144 Å². The molecule has 134 valence electrons. The zero-order chi connectivity index (χ0) is 18.0. The molecule has 0 atom stereocenters. The van der Waals surface area contributed by atoms with E-state index in [9.17, 15) is 18.0 Å². The number of amides is 1. The van der Waals surface area contributed by atoms with E-state index >= 15 is 0 Å². The molecule has 1 aliphatic rings. The molecule has 0 saturated carbocycles. The van der Waals surface area contributed by atoms with Gasteiger partial charge in [0.1, 0.15) is 4.90 Å². The third-order valence-electron chi connectivity index (χ3n) is 4.08. The minimum Gasteiger partial charge on any atom is -0.337 e. The molecule has 9 nitrogen and oxygen atoms in total. The van der Waals surface area contributed by atoms with Gasteiger partial charge < -0.3 is 9.88 Å². The fourth-order valence-corrected chi connectivity index (χ4v) is 4.23. The van der Waals surface area contributed by atoms with Crippen LogP contribution in [-0.4, -0.2) is 64.5 Å². The summed E-state index contributed by atoms with van der Waals surface area (Å²) < 4.78 is 28.1. The van der Waals surface area contributed by atoms with Crippen LogP contribution in [0, 0.1) is 0 Å². The number of aromatic amines is 1. The number of nitrogens with one attached hydrogen (secondary N) is 1. The maximum atomic E-state index is 12.7. The first-order valence-corrected chi connectivity index (χ1v) is 9.29. The summed E-state index contributed by atoms with van der Waals surface area (Å²) in [7, 11) is -1.97. The van der Waals surface area contributed by atoms with Crippen LogP contribution in [0.3, 0.4) is 0 Å². The van der Waals surface area contributed by atoms with Crippen LogP contribution in [0.5, 0.6) is 0 Å². The smallest absolute Gasteiger partial charge is 0.254 e. The second kappa shape index (κ2) is 6.81. The lowest BCUT2D eigenvalue weighted by Gasteiger charge is -2.21. The maximum Gasteiger partial charge on any atom is 0.254 e. The Morgan fingerprint density at radius 3 is 2.72 bits per heavy atom. The molecule has 0 aromatic carbocycles. The molecule has 3 rings (SSSR count). The standard InChI is InChI=1S/C15H19N5O4S/c1-18-11-13(10-17-18)25(23,24)20-6-2-5-19(7-8-20)15(22)12-3-4-16-14(21)9-12/h3-4,9-11H,2,5-8H2,1H3,(H,16,21). The summed E-state index contributed by atoms with van der Waals surface area (Å²) in [6.45, 7) is 1.23. The zero-order valence-electron chi connectivity index (χ0n) is 13.8. The van der Waals surface area contributed by atoms with Crippen molar-refractivity contribution in [3.63, 3.8) is 0 Å². The topological polar surface area (TPSA) is 108 Å². The number of hydrogen-bond donors (Lipinski definition) is 1. The maximum absolute atomic E-state index is 12.7. The number of aryl methyl sites for hydroxylation is 1. The predicted molar refractivity (Wildman–Crippen MR) is 89.6 cm³/mol. The van der Waals surface area contributed by atoms with E-state index < -0.39 is 10.0 Å². The Hall–Kier alpha value is -2.46. The van der Waals surface area contributed by atoms with Gasteiger partial charge in [0.05, 0.1) is 6.20 Å². The van der Waals surface area contributed by atoms with E-state index in [-0.39, 0.29) is 29.5 Å². The average molecular weight is 365 g/mol. The summed E-state index contributed by atoms with van der Waals surface area (Å²) in [4.78, 5) is 28.1. The molecule has 0 unspecified atom stereocenters. The lowest BCUT2D eigenvalue weighted by atomic mass is 10.2. The van der Waals surface area contributed by atoms with Crippen LogP contribution in [0.15, 0.2) is 40.4 Å². The molecule has 25 heavy (non-hydrogen) atoms. The van der Waals surface area contributed by atoms with Crippen LogP contribution < -0.4 is 5.56 Å². The molecular formula is C15H19N5O4S. The van der Waals surface area contributed by atoms with Gasteiger partial charge in [-0.3, -0.25) is 14.3 Å². The summed E-state index contributed by atoms with van der Waals surface area (Å²) in [6.07, 6.45) is 4.72. The summed E-state index contributed by atoms with van der Waals surface area (Å²) in [6, 6.07) is 2.79. The quantitative estimate of drug-likeness (QED) is 0.799. The number of nitrogens with zero attached hydrogens (tertiary/aromatic N) is 4. The van der Waals surface area contributed by atoms with Gasteiger partial charge in [0, 0.05) is 57.3 Å². The van der Waals surface area contributed by atoms with Gasteiger partial charge in [-0.15, -0.1) is 0 Å². The van der Waals surface area contributed by atoms with Crippen molar-refractivity contribution in [2.24, 2.45) is 7.05 Å². The van der Waals surface area contributed by atoms with Crippen molar-refractivity contribution in [3.05, 3.63) is 46.6 Å². The molecule has 1 N–H and O–H groups in total. The average Bonchev–Trinajstić information content (AvgIpc) is 2.87. The minimum absolute atomic E-state index is 0.143. The van der Waals surface area contributed by atoms with E-state index in [0.29, 0.717) is 25.1 Å². The monoisotopic (exact) mass is 365 g/mol. The van der Waals surface area contributed by atoms with Gasteiger partial charge in [0.25, 0.3) is 5.91 Å². The van der Waals surface area contributed by atoms with Gasteiger partial charge in [-0.2, -0.15) is 9.40 Å². The lowest BCUT2D eigenvalue weighted by Crippen LogP contribution is -2.37. The van der Waals surface area contributed by atoms with Gasteiger partial charge in [0.2, 0.25) is 15.6 Å². The van der Waals surface area contributed by atoms with E-state index in [1.165, 1.54) is 33.6 Å². The van der Waals surface area contributed by atoms with Crippen molar-refractivity contribution in [2.45, 2.75) is 11.3 Å². The van der Waals surface area contributed by atoms with E-state index in [1.54, 1.807) is 18.0 Å². The van der Waals surface area contributed by atoms with E-state index in [0.717, 1.165) is 0 Å². The highest BCUT2D eigenvalue weighted by Gasteiger charge is 2.29. The zero-order valence-corrected chi connectivity index (χ0v) is 14.6. The number of rotatable bonds is 3. The third kappa shape index (κ3) is 3.64. The first-order valence-electron chi connectivity index (χ1n) is 7.85. The first-order chi connectivity index (χ1) is 11.9. The summed E-state index contributed by atoms with van der Waals surface area (Å²) >= 11 is 0. The van der Waals surface area contributed by atoms with Crippen LogP contribution in [0.4, 0.5) is 0 Å². The Morgan fingerprint density at radius 2 is 2.04 bits per heavy atom. The number of carbonyl (C=O) groups excluding carboxylic acids is 1. The fraction of sp³-hybridized carbons (Fsp3) is 0.400. The van der Waals surface area contributed by atoms with Crippen LogP contribution >= 0.6 is 0 Å². The molecule has 1 saturated heterocycles. The number of carbonyl (C=O) groups is 1. The van der Waals surface area contributed by atoms with E-state index in [4.69, 9.17) is 0 Å². The van der Waals surface area contributed by atoms with Gasteiger partial charge in [-0.25, -0.2) is 8.42 Å². The van der Waals surface area contributed by atoms with Crippen molar-refractivity contribution in [3.8, 4) is 0 Å². The molecule has 2 aromatic rings. The third-order valence-corrected chi connectivity index (χ3v) is 5.93. The molecule has 2 aromatic heterocycles. The van der Waals surface area contributed by atoms with Gasteiger partial charge in [0.15, 0.2) is 0 Å². The number of pyridine rings is 1. The van der Waals surface area contributed by atoms with Crippen molar-refractivity contribution in [1.82, 2.24) is 24.0 Å². The van der Waals surface area contributed by atoms with E-state index in [1.807, 2.05) is 0 Å². The van der Waals surface area contributed by atoms with Gasteiger partial charge >= 0.3 is 0 Å². The predicted octanol–water partition coefficient (Wildman–Crippen LogP) is -0.355. The second-order valence-corrected chi connectivity index (χ2v) is 7.78. The minimum atomic E-state index is -3.63. The second-order valence-electron chi connectivity index (χ2n) is 5.84. The SMILES string of the molecule is Cn1cc(S(=O)(=O)N2CCCN(C(=O)c3cc[nH]c(=O)c3)CC2)cn1. The van der Waals surface area contributed by atoms with Crippen molar-refractivity contribution in [2.75, 3.05) is 26.2 Å². The Bertz CT molecular complexity index is 933. The molecule has 0 bridgehead atoms. The number of sulfonamides is 1. The molecule has 0 aliphatic carbocycles. The molecule has 1 aliphatic heterocycles. The summed E-state index contributed by atoms with van der Waals surface area (Å²) in [5.74, 6) is -0.272. The van der Waals surface area contributed by atoms with Gasteiger partial charge in [-0.1, -0.05) is 0 Å². The largest absolute Gasteiger partial charge is 0.337 e. The molecular weight excluding hydrogens is 346 g/mol. The molecule has 0 spiro atoms. The van der Waals surface area contributed by atoms with Crippen LogP contribution in [0.25, 0.3) is 0 Å².